The highest BCUT2D eigenvalue weighted by Crippen LogP contribution is 2.34. The molecule has 0 radical (unpaired) electrons. The van der Waals surface area contributed by atoms with Crippen LogP contribution >= 0.6 is 0 Å². The van der Waals surface area contributed by atoms with Gasteiger partial charge in [-0.3, -0.25) is 0 Å². The second-order valence-corrected chi connectivity index (χ2v) is 5.34. The van der Waals surface area contributed by atoms with Crippen LogP contribution in [-0.2, 0) is 6.54 Å². The van der Waals surface area contributed by atoms with Gasteiger partial charge >= 0.3 is 0 Å². The SMILES string of the molecule is CC1(NCc2cccc3c2OCCN3)CCC1. The van der Waals surface area contributed by atoms with Crippen molar-refractivity contribution < 1.29 is 4.74 Å². The van der Waals surface area contributed by atoms with Gasteiger partial charge < -0.3 is 15.4 Å². The highest BCUT2D eigenvalue weighted by atomic mass is 16.5. The maximum atomic E-state index is 5.77. The topological polar surface area (TPSA) is 33.3 Å². The van der Waals surface area contributed by atoms with Gasteiger partial charge in [-0.15, -0.1) is 0 Å². The van der Waals surface area contributed by atoms with Crippen LogP contribution in [0.1, 0.15) is 31.7 Å². The van der Waals surface area contributed by atoms with Gasteiger partial charge in [-0.1, -0.05) is 12.1 Å². The Morgan fingerprint density at radius 3 is 3.06 bits per heavy atom. The Kier molecular flexibility index (Phi) is 2.71. The Labute approximate surface area is 103 Å². The van der Waals surface area contributed by atoms with Crippen molar-refractivity contribution in [2.45, 2.75) is 38.3 Å². The number of hydrogen-bond donors (Lipinski definition) is 2. The molecule has 0 spiro atoms. The van der Waals surface area contributed by atoms with Gasteiger partial charge in [0.05, 0.1) is 5.69 Å². The summed E-state index contributed by atoms with van der Waals surface area (Å²) in [6.07, 6.45) is 3.94. The zero-order valence-electron chi connectivity index (χ0n) is 10.4. The first-order valence-corrected chi connectivity index (χ1v) is 6.50. The summed E-state index contributed by atoms with van der Waals surface area (Å²) in [5.74, 6) is 1.04. The number of nitrogens with one attached hydrogen (secondary N) is 2. The Hall–Kier alpha value is -1.22. The third kappa shape index (κ3) is 2.12. The molecule has 0 atom stereocenters. The molecule has 92 valence electrons. The molecule has 1 heterocycles. The van der Waals surface area contributed by atoms with Crippen LogP contribution in [0, 0.1) is 0 Å². The number of anilines is 1. The van der Waals surface area contributed by atoms with E-state index in [2.05, 4.69) is 35.8 Å². The Bertz CT molecular complexity index is 413. The molecule has 0 unspecified atom stereocenters. The summed E-state index contributed by atoms with van der Waals surface area (Å²) in [5, 5.41) is 7.03. The van der Waals surface area contributed by atoms with E-state index in [0.29, 0.717) is 5.54 Å². The van der Waals surface area contributed by atoms with Crippen molar-refractivity contribution in [3.05, 3.63) is 23.8 Å². The first kappa shape index (κ1) is 10.9. The van der Waals surface area contributed by atoms with Crippen LogP contribution in [0.15, 0.2) is 18.2 Å². The number of fused-ring (bicyclic) bond motifs is 1. The van der Waals surface area contributed by atoms with Gasteiger partial charge in [-0.2, -0.15) is 0 Å². The molecular weight excluding hydrogens is 212 g/mol. The molecule has 2 N–H and O–H groups in total. The molecular formula is C14H20N2O. The lowest BCUT2D eigenvalue weighted by Gasteiger charge is -2.39. The van der Waals surface area contributed by atoms with E-state index < -0.39 is 0 Å². The summed E-state index contributed by atoms with van der Waals surface area (Å²) in [6, 6.07) is 6.34. The van der Waals surface area contributed by atoms with E-state index in [1.165, 1.54) is 24.8 Å². The van der Waals surface area contributed by atoms with Gasteiger partial charge in [-0.05, 0) is 32.3 Å². The van der Waals surface area contributed by atoms with E-state index in [-0.39, 0.29) is 0 Å². The third-order valence-electron chi connectivity index (χ3n) is 3.92. The van der Waals surface area contributed by atoms with Crippen molar-refractivity contribution in [1.82, 2.24) is 5.32 Å². The molecule has 17 heavy (non-hydrogen) atoms. The monoisotopic (exact) mass is 232 g/mol. The van der Waals surface area contributed by atoms with E-state index in [9.17, 15) is 0 Å². The minimum atomic E-state index is 0.352. The van der Waals surface area contributed by atoms with Crippen molar-refractivity contribution >= 4 is 5.69 Å². The fourth-order valence-electron chi connectivity index (χ4n) is 2.56. The average molecular weight is 232 g/mol. The predicted molar refractivity (Wildman–Crippen MR) is 69.5 cm³/mol. The van der Waals surface area contributed by atoms with Gasteiger partial charge in [0.15, 0.2) is 0 Å². The zero-order valence-corrected chi connectivity index (χ0v) is 10.4. The van der Waals surface area contributed by atoms with E-state index >= 15 is 0 Å². The summed E-state index contributed by atoms with van der Waals surface area (Å²) in [4.78, 5) is 0. The predicted octanol–water partition coefficient (Wildman–Crippen LogP) is 2.52. The lowest BCUT2D eigenvalue weighted by atomic mass is 9.78. The molecule has 1 fully saturated rings. The largest absolute Gasteiger partial charge is 0.489 e. The summed E-state index contributed by atoms with van der Waals surface area (Å²) in [6.45, 7) is 4.88. The van der Waals surface area contributed by atoms with Crippen LogP contribution in [-0.4, -0.2) is 18.7 Å². The first-order valence-electron chi connectivity index (χ1n) is 6.50. The highest BCUT2D eigenvalue weighted by Gasteiger charge is 2.31. The van der Waals surface area contributed by atoms with Gasteiger partial charge in [0.2, 0.25) is 0 Å². The van der Waals surface area contributed by atoms with Crippen LogP contribution in [0.5, 0.6) is 5.75 Å². The van der Waals surface area contributed by atoms with Crippen molar-refractivity contribution in [3.8, 4) is 5.75 Å². The molecule has 1 aromatic carbocycles. The summed E-state index contributed by atoms with van der Waals surface area (Å²) >= 11 is 0. The minimum Gasteiger partial charge on any atom is -0.489 e. The second kappa shape index (κ2) is 4.22. The molecule has 0 amide bonds. The standard InChI is InChI=1S/C14H20N2O/c1-14(6-3-7-14)16-10-11-4-2-5-12-13(11)17-9-8-15-12/h2,4-5,15-16H,3,6-10H2,1H3. The van der Waals surface area contributed by atoms with Crippen molar-refractivity contribution in [1.29, 1.82) is 0 Å². The Balaban J connectivity index is 1.74. The minimum absolute atomic E-state index is 0.352. The highest BCUT2D eigenvalue weighted by molar-refractivity contribution is 5.61. The fourth-order valence-corrected chi connectivity index (χ4v) is 2.56. The molecule has 1 aliphatic heterocycles. The number of rotatable bonds is 3. The number of ether oxygens (including phenoxy) is 1. The van der Waals surface area contributed by atoms with Crippen molar-refractivity contribution in [2.24, 2.45) is 0 Å². The van der Waals surface area contributed by atoms with Crippen molar-refractivity contribution in [2.75, 3.05) is 18.5 Å². The molecule has 1 aromatic rings. The van der Waals surface area contributed by atoms with Gasteiger partial charge in [0.1, 0.15) is 12.4 Å². The van der Waals surface area contributed by atoms with Crippen LogP contribution in [0.4, 0.5) is 5.69 Å². The maximum Gasteiger partial charge on any atom is 0.146 e. The van der Waals surface area contributed by atoms with Crippen LogP contribution in [0.2, 0.25) is 0 Å². The average Bonchev–Trinajstić information content (AvgIpc) is 2.34. The zero-order chi connectivity index (χ0) is 11.7. The first-order chi connectivity index (χ1) is 8.27. The summed E-state index contributed by atoms with van der Waals surface area (Å²) in [7, 11) is 0. The summed E-state index contributed by atoms with van der Waals surface area (Å²) < 4.78 is 5.77. The van der Waals surface area contributed by atoms with Crippen LogP contribution in [0.25, 0.3) is 0 Å². The molecule has 1 aliphatic carbocycles. The molecule has 2 aliphatic rings. The summed E-state index contributed by atoms with van der Waals surface area (Å²) in [5.41, 5.74) is 2.75. The smallest absolute Gasteiger partial charge is 0.146 e. The molecule has 0 bridgehead atoms. The van der Waals surface area contributed by atoms with Crippen LogP contribution in [0.3, 0.4) is 0 Å². The fraction of sp³-hybridized carbons (Fsp3) is 0.571. The molecule has 3 nitrogen and oxygen atoms in total. The van der Waals surface area contributed by atoms with E-state index in [0.717, 1.165) is 31.1 Å². The number of para-hydroxylation sites is 1. The quantitative estimate of drug-likeness (QED) is 0.840. The van der Waals surface area contributed by atoms with Crippen LogP contribution < -0.4 is 15.4 Å². The third-order valence-corrected chi connectivity index (χ3v) is 3.92. The van der Waals surface area contributed by atoms with Gasteiger partial charge in [0.25, 0.3) is 0 Å². The molecule has 3 heteroatoms. The van der Waals surface area contributed by atoms with Gasteiger partial charge in [0, 0.05) is 24.2 Å². The molecule has 3 rings (SSSR count). The second-order valence-electron chi connectivity index (χ2n) is 5.34. The number of hydrogen-bond acceptors (Lipinski definition) is 3. The van der Waals surface area contributed by atoms with Crippen molar-refractivity contribution in [3.63, 3.8) is 0 Å². The Morgan fingerprint density at radius 2 is 2.29 bits per heavy atom. The van der Waals surface area contributed by atoms with E-state index in [1.807, 2.05) is 0 Å². The Morgan fingerprint density at radius 1 is 1.41 bits per heavy atom. The van der Waals surface area contributed by atoms with Gasteiger partial charge in [-0.25, -0.2) is 0 Å². The maximum absolute atomic E-state index is 5.77. The van der Waals surface area contributed by atoms with E-state index in [4.69, 9.17) is 4.74 Å². The number of benzene rings is 1. The lowest BCUT2D eigenvalue weighted by molar-refractivity contribution is 0.205. The molecule has 1 saturated carbocycles. The molecule has 0 aromatic heterocycles. The van der Waals surface area contributed by atoms with E-state index in [1.54, 1.807) is 0 Å². The molecule has 0 saturated heterocycles. The normalized spacial score (nSPS) is 20.8. The lowest BCUT2D eigenvalue weighted by Crippen LogP contribution is -2.47.